The molecule has 1 unspecified atom stereocenters. The molecule has 1 amide bonds. The van der Waals surface area contributed by atoms with Gasteiger partial charge in [0.1, 0.15) is 5.75 Å². The van der Waals surface area contributed by atoms with Gasteiger partial charge < -0.3 is 9.64 Å². The molecule has 31 heavy (non-hydrogen) atoms. The van der Waals surface area contributed by atoms with Gasteiger partial charge in [0.15, 0.2) is 0 Å². The van der Waals surface area contributed by atoms with Crippen molar-refractivity contribution in [3.8, 4) is 5.75 Å². The van der Waals surface area contributed by atoms with Crippen molar-refractivity contribution >= 4 is 21.6 Å². The monoisotopic (exact) mass is 456 g/mol. The molecule has 2 aromatic rings. The average Bonchev–Trinajstić information content (AvgIpc) is 2.73. The number of para-hydroxylation sites is 2. The molecule has 10 heteroatoms. The Morgan fingerprint density at radius 3 is 2.58 bits per heavy atom. The number of ether oxygens (including phenoxy) is 1. The summed E-state index contributed by atoms with van der Waals surface area (Å²) in [4.78, 5) is 13.8. The van der Waals surface area contributed by atoms with Crippen LogP contribution >= 0.6 is 0 Å². The number of nitrogens with zero attached hydrogens (tertiary/aromatic N) is 1. The first-order valence-electron chi connectivity index (χ1n) is 9.65. The van der Waals surface area contributed by atoms with Crippen LogP contribution in [0, 0.1) is 12.8 Å². The lowest BCUT2D eigenvalue weighted by atomic mass is 9.97. The van der Waals surface area contributed by atoms with E-state index in [4.69, 9.17) is 4.74 Å². The van der Waals surface area contributed by atoms with Gasteiger partial charge in [-0.3, -0.25) is 9.52 Å². The molecular formula is C21H23F3N2O4S. The summed E-state index contributed by atoms with van der Waals surface area (Å²) in [6, 6.07) is 10.6. The van der Waals surface area contributed by atoms with Gasteiger partial charge in [0, 0.05) is 18.7 Å². The summed E-state index contributed by atoms with van der Waals surface area (Å²) in [6.45, 7) is 1.34. The molecule has 0 bridgehead atoms. The van der Waals surface area contributed by atoms with E-state index in [0.717, 1.165) is 4.90 Å². The van der Waals surface area contributed by atoms with Crippen LogP contribution in [0.3, 0.4) is 0 Å². The van der Waals surface area contributed by atoms with Gasteiger partial charge in [0.05, 0.1) is 23.6 Å². The number of rotatable bonds is 5. The zero-order valence-electron chi connectivity index (χ0n) is 17.1. The third kappa shape index (κ3) is 5.12. The number of benzene rings is 2. The first-order chi connectivity index (χ1) is 14.5. The summed E-state index contributed by atoms with van der Waals surface area (Å²) in [5.41, 5.74) is 0.643. The van der Waals surface area contributed by atoms with Crippen molar-refractivity contribution in [2.45, 2.75) is 30.8 Å². The molecule has 0 spiro atoms. The van der Waals surface area contributed by atoms with E-state index in [1.807, 2.05) is 0 Å². The fraction of sp³-hybridized carbons (Fsp3) is 0.381. The molecule has 0 saturated carbocycles. The Morgan fingerprint density at radius 1 is 1.19 bits per heavy atom. The second kappa shape index (κ2) is 8.78. The minimum atomic E-state index is -4.38. The number of halogens is 3. The first-order valence-corrected chi connectivity index (χ1v) is 11.1. The molecule has 1 N–H and O–H groups in total. The standard InChI is InChI=1S/C21H23F3N2O4S/c1-14-9-10-15(20(27)26-11-5-6-16(13-26)21(22,23)24)12-19(14)31(28,29)25-17-7-3-4-8-18(17)30-2/h3-4,7-10,12,16,25H,5-6,11,13H2,1-2H3. The van der Waals surface area contributed by atoms with E-state index in [2.05, 4.69) is 4.72 Å². The van der Waals surface area contributed by atoms with Crippen LogP contribution in [-0.4, -0.2) is 45.6 Å². The van der Waals surface area contributed by atoms with E-state index in [-0.39, 0.29) is 35.5 Å². The molecule has 1 aliphatic heterocycles. The Morgan fingerprint density at radius 2 is 1.90 bits per heavy atom. The zero-order chi connectivity index (χ0) is 22.8. The fourth-order valence-electron chi connectivity index (χ4n) is 3.56. The number of aryl methyl sites for hydroxylation is 1. The number of hydrogen-bond donors (Lipinski definition) is 1. The summed E-state index contributed by atoms with van der Waals surface area (Å²) in [5.74, 6) is -1.88. The number of methoxy groups -OCH3 is 1. The minimum Gasteiger partial charge on any atom is -0.495 e. The van der Waals surface area contributed by atoms with Crippen LogP contribution in [-0.2, 0) is 10.0 Å². The molecule has 1 heterocycles. The summed E-state index contributed by atoms with van der Waals surface area (Å²) < 4.78 is 72.8. The molecule has 3 rings (SSSR count). The number of carbonyl (C=O) groups is 1. The van der Waals surface area contributed by atoms with Crippen LogP contribution in [0.2, 0.25) is 0 Å². The number of anilines is 1. The van der Waals surface area contributed by atoms with E-state index in [9.17, 15) is 26.4 Å². The second-order valence-corrected chi connectivity index (χ2v) is 9.07. The molecule has 6 nitrogen and oxygen atoms in total. The lowest BCUT2D eigenvalue weighted by Gasteiger charge is -2.33. The number of likely N-dealkylation sites (tertiary alicyclic amines) is 1. The topological polar surface area (TPSA) is 75.7 Å². The Kier molecular flexibility index (Phi) is 6.49. The molecule has 168 valence electrons. The van der Waals surface area contributed by atoms with Gasteiger partial charge in [0.25, 0.3) is 15.9 Å². The van der Waals surface area contributed by atoms with Crippen LogP contribution in [0.15, 0.2) is 47.4 Å². The maximum absolute atomic E-state index is 13.1. The normalized spacial score (nSPS) is 17.3. The Balaban J connectivity index is 1.88. The van der Waals surface area contributed by atoms with Gasteiger partial charge in [-0.15, -0.1) is 0 Å². The maximum Gasteiger partial charge on any atom is 0.393 e. The number of alkyl halides is 3. The van der Waals surface area contributed by atoms with Crippen molar-refractivity contribution in [3.05, 3.63) is 53.6 Å². The number of hydrogen-bond acceptors (Lipinski definition) is 4. The van der Waals surface area contributed by atoms with Gasteiger partial charge in [-0.1, -0.05) is 18.2 Å². The van der Waals surface area contributed by atoms with E-state index in [0.29, 0.717) is 11.3 Å². The van der Waals surface area contributed by atoms with Gasteiger partial charge >= 0.3 is 6.18 Å². The van der Waals surface area contributed by atoms with Crippen molar-refractivity contribution in [2.24, 2.45) is 5.92 Å². The number of piperidine rings is 1. The highest BCUT2D eigenvalue weighted by Crippen LogP contribution is 2.34. The summed E-state index contributed by atoms with van der Waals surface area (Å²) in [5, 5.41) is 0. The highest BCUT2D eigenvalue weighted by Gasteiger charge is 2.42. The predicted molar refractivity (Wildman–Crippen MR) is 110 cm³/mol. The quantitative estimate of drug-likeness (QED) is 0.731. The van der Waals surface area contributed by atoms with Gasteiger partial charge in [-0.2, -0.15) is 13.2 Å². The number of nitrogens with one attached hydrogen (secondary N) is 1. The molecule has 1 saturated heterocycles. The Bertz CT molecular complexity index is 1070. The van der Waals surface area contributed by atoms with Crippen molar-refractivity contribution < 1.29 is 31.1 Å². The molecule has 0 aliphatic carbocycles. The third-order valence-corrected chi connectivity index (χ3v) is 6.75. The summed E-state index contributed by atoms with van der Waals surface area (Å²) >= 11 is 0. The number of amides is 1. The number of sulfonamides is 1. The van der Waals surface area contributed by atoms with Crippen molar-refractivity contribution in [3.63, 3.8) is 0 Å². The molecule has 1 aliphatic rings. The van der Waals surface area contributed by atoms with Crippen LogP contribution < -0.4 is 9.46 Å². The van der Waals surface area contributed by atoms with Crippen molar-refractivity contribution in [1.29, 1.82) is 0 Å². The SMILES string of the molecule is COc1ccccc1NS(=O)(=O)c1cc(C(=O)N2CCCC(C(F)(F)F)C2)ccc1C. The molecule has 0 radical (unpaired) electrons. The Labute approximate surface area is 179 Å². The lowest BCUT2D eigenvalue weighted by Crippen LogP contribution is -2.44. The van der Waals surface area contributed by atoms with Crippen LogP contribution in [0.5, 0.6) is 5.75 Å². The predicted octanol–water partition coefficient (Wildman–Crippen LogP) is 4.22. The first kappa shape index (κ1) is 22.9. The van der Waals surface area contributed by atoms with E-state index in [1.54, 1.807) is 25.1 Å². The lowest BCUT2D eigenvalue weighted by molar-refractivity contribution is -0.184. The highest BCUT2D eigenvalue weighted by molar-refractivity contribution is 7.92. The third-order valence-electron chi connectivity index (χ3n) is 5.25. The van der Waals surface area contributed by atoms with E-state index >= 15 is 0 Å². The van der Waals surface area contributed by atoms with Crippen molar-refractivity contribution in [1.82, 2.24) is 4.90 Å². The van der Waals surface area contributed by atoms with Crippen LogP contribution in [0.25, 0.3) is 0 Å². The summed E-state index contributed by atoms with van der Waals surface area (Å²) in [6.07, 6.45) is -4.16. The number of carbonyl (C=O) groups excluding carboxylic acids is 1. The smallest absolute Gasteiger partial charge is 0.393 e. The highest BCUT2D eigenvalue weighted by atomic mass is 32.2. The van der Waals surface area contributed by atoms with Gasteiger partial charge in [0.2, 0.25) is 0 Å². The van der Waals surface area contributed by atoms with Gasteiger partial charge in [-0.05, 0) is 49.6 Å². The minimum absolute atomic E-state index is 0.0221. The molecule has 1 fully saturated rings. The molecule has 1 atom stereocenters. The van der Waals surface area contributed by atoms with Crippen molar-refractivity contribution in [2.75, 3.05) is 24.9 Å². The molecule has 2 aromatic carbocycles. The average molecular weight is 456 g/mol. The molecular weight excluding hydrogens is 433 g/mol. The van der Waals surface area contributed by atoms with Gasteiger partial charge in [-0.25, -0.2) is 8.42 Å². The summed E-state index contributed by atoms with van der Waals surface area (Å²) in [7, 11) is -2.67. The van der Waals surface area contributed by atoms with E-state index in [1.165, 1.54) is 31.4 Å². The Hall–Kier alpha value is -2.75. The largest absolute Gasteiger partial charge is 0.495 e. The fourth-order valence-corrected chi connectivity index (χ4v) is 4.90. The second-order valence-electron chi connectivity index (χ2n) is 7.42. The maximum atomic E-state index is 13.1. The van der Waals surface area contributed by atoms with Crippen LogP contribution in [0.4, 0.5) is 18.9 Å². The zero-order valence-corrected chi connectivity index (χ0v) is 17.9. The molecule has 0 aromatic heterocycles. The van der Waals surface area contributed by atoms with Crippen LogP contribution in [0.1, 0.15) is 28.8 Å². The van der Waals surface area contributed by atoms with E-state index < -0.39 is 34.6 Å².